The van der Waals surface area contributed by atoms with Crippen LogP contribution in [-0.2, 0) is 4.79 Å². The van der Waals surface area contributed by atoms with Crippen molar-refractivity contribution in [1.29, 1.82) is 0 Å². The van der Waals surface area contributed by atoms with Crippen LogP contribution >= 0.6 is 0 Å². The zero-order valence-electron chi connectivity index (χ0n) is 9.36. The normalized spacial score (nSPS) is 11.9. The van der Waals surface area contributed by atoms with Gasteiger partial charge in [0, 0.05) is 11.3 Å². The first-order chi connectivity index (χ1) is 7.54. The average Bonchev–Trinajstić information content (AvgIpc) is 2.28. The van der Waals surface area contributed by atoms with E-state index < -0.39 is 12.0 Å². The molecule has 1 rings (SSSR count). The number of aliphatic hydroxyl groups is 1. The van der Waals surface area contributed by atoms with Gasteiger partial charge in [-0.25, -0.2) is 0 Å². The number of Topliss-reactive ketones (excluding diaryl/α,β-unsaturated/α-hetero) is 1. The molecule has 1 amide bonds. The molecule has 0 spiro atoms. The summed E-state index contributed by atoms with van der Waals surface area (Å²) in [5.41, 5.74) is 1.16. The minimum atomic E-state index is -0.993. The number of benzene rings is 1. The summed E-state index contributed by atoms with van der Waals surface area (Å²) in [6.07, 6.45) is -0.621. The van der Waals surface area contributed by atoms with Gasteiger partial charge in [0.05, 0.1) is 0 Å². The van der Waals surface area contributed by atoms with E-state index in [0.29, 0.717) is 17.7 Å². The quantitative estimate of drug-likeness (QED) is 0.759. The van der Waals surface area contributed by atoms with Crippen molar-refractivity contribution in [3.05, 3.63) is 29.8 Å². The molecule has 0 bridgehead atoms. The Labute approximate surface area is 94.3 Å². The first-order valence-electron chi connectivity index (χ1n) is 5.14. The van der Waals surface area contributed by atoms with Gasteiger partial charge in [-0.05, 0) is 37.6 Å². The molecule has 0 fully saturated rings. The number of anilines is 1. The van der Waals surface area contributed by atoms with Crippen molar-refractivity contribution in [2.45, 2.75) is 26.4 Å². The monoisotopic (exact) mass is 221 g/mol. The van der Waals surface area contributed by atoms with Gasteiger partial charge in [-0.2, -0.15) is 0 Å². The summed E-state index contributed by atoms with van der Waals surface area (Å²) in [7, 11) is 0. The number of nitrogens with one attached hydrogen (secondary N) is 1. The average molecular weight is 221 g/mol. The number of carbonyl (C=O) groups excluding carboxylic acids is 2. The van der Waals surface area contributed by atoms with Crippen LogP contribution in [0.2, 0.25) is 0 Å². The maximum Gasteiger partial charge on any atom is 0.253 e. The molecule has 4 nitrogen and oxygen atoms in total. The zero-order valence-corrected chi connectivity index (χ0v) is 9.36. The van der Waals surface area contributed by atoms with Crippen molar-refractivity contribution >= 4 is 17.4 Å². The molecule has 0 radical (unpaired) electrons. The Balaban J connectivity index is 2.69. The predicted octanol–water partition coefficient (Wildman–Crippen LogP) is 1.60. The largest absolute Gasteiger partial charge is 0.383 e. The molecule has 0 heterocycles. The number of aliphatic hydroxyl groups excluding tert-OH is 1. The van der Waals surface area contributed by atoms with E-state index in [1.165, 1.54) is 6.92 Å². The third-order valence-electron chi connectivity index (χ3n) is 2.25. The van der Waals surface area contributed by atoms with Crippen molar-refractivity contribution in [2.24, 2.45) is 0 Å². The fourth-order valence-corrected chi connectivity index (χ4v) is 1.20. The van der Waals surface area contributed by atoms with Gasteiger partial charge < -0.3 is 10.4 Å². The topological polar surface area (TPSA) is 66.4 Å². The Morgan fingerprint density at radius 2 is 1.88 bits per heavy atom. The van der Waals surface area contributed by atoms with E-state index in [4.69, 9.17) is 0 Å². The first kappa shape index (κ1) is 12.4. The number of amides is 1. The number of hydrogen-bond acceptors (Lipinski definition) is 3. The highest BCUT2D eigenvalue weighted by molar-refractivity contribution is 5.96. The third-order valence-corrected chi connectivity index (χ3v) is 2.25. The SMILES string of the molecule is CCC(O)C(=O)Nc1ccc(C(C)=O)cc1. The molecular weight excluding hydrogens is 206 g/mol. The smallest absolute Gasteiger partial charge is 0.253 e. The minimum absolute atomic E-state index is 0.0218. The second-order valence-corrected chi connectivity index (χ2v) is 3.55. The molecule has 1 unspecified atom stereocenters. The van der Waals surface area contributed by atoms with Crippen molar-refractivity contribution < 1.29 is 14.7 Å². The van der Waals surface area contributed by atoms with Gasteiger partial charge in [0.25, 0.3) is 5.91 Å². The van der Waals surface area contributed by atoms with Crippen LogP contribution < -0.4 is 5.32 Å². The predicted molar refractivity (Wildman–Crippen MR) is 61.4 cm³/mol. The van der Waals surface area contributed by atoms with E-state index in [0.717, 1.165) is 0 Å². The van der Waals surface area contributed by atoms with Gasteiger partial charge in [-0.3, -0.25) is 9.59 Å². The summed E-state index contributed by atoms with van der Waals surface area (Å²) >= 11 is 0. The highest BCUT2D eigenvalue weighted by atomic mass is 16.3. The standard InChI is InChI=1S/C12H15NO3/c1-3-11(15)12(16)13-10-6-4-9(5-7-10)8(2)14/h4-7,11,15H,3H2,1-2H3,(H,13,16). The molecule has 1 atom stereocenters. The van der Waals surface area contributed by atoms with Crippen LogP contribution in [0.5, 0.6) is 0 Å². The molecule has 1 aromatic rings. The third kappa shape index (κ3) is 3.17. The Kier molecular flexibility index (Phi) is 4.19. The first-order valence-corrected chi connectivity index (χ1v) is 5.14. The highest BCUT2D eigenvalue weighted by Gasteiger charge is 2.12. The van der Waals surface area contributed by atoms with Gasteiger partial charge in [0.2, 0.25) is 0 Å². The highest BCUT2D eigenvalue weighted by Crippen LogP contribution is 2.10. The second-order valence-electron chi connectivity index (χ2n) is 3.55. The van der Waals surface area contributed by atoms with E-state index >= 15 is 0 Å². The molecule has 0 saturated carbocycles. The molecule has 1 aromatic carbocycles. The summed E-state index contributed by atoms with van der Waals surface area (Å²) in [5, 5.41) is 11.8. The van der Waals surface area contributed by atoms with Gasteiger partial charge >= 0.3 is 0 Å². The maximum absolute atomic E-state index is 11.3. The maximum atomic E-state index is 11.3. The van der Waals surface area contributed by atoms with Crippen molar-refractivity contribution in [1.82, 2.24) is 0 Å². The van der Waals surface area contributed by atoms with Crippen LogP contribution in [0.4, 0.5) is 5.69 Å². The summed E-state index contributed by atoms with van der Waals surface area (Å²) < 4.78 is 0. The molecule has 86 valence electrons. The Hall–Kier alpha value is -1.68. The van der Waals surface area contributed by atoms with Crippen LogP contribution in [0, 0.1) is 0 Å². The van der Waals surface area contributed by atoms with Crippen LogP contribution in [0.1, 0.15) is 30.6 Å². The fraction of sp³-hybridized carbons (Fsp3) is 0.333. The van der Waals surface area contributed by atoms with Crippen molar-refractivity contribution in [3.63, 3.8) is 0 Å². The van der Waals surface area contributed by atoms with Crippen molar-refractivity contribution in [3.8, 4) is 0 Å². The second kappa shape index (κ2) is 5.42. The minimum Gasteiger partial charge on any atom is -0.383 e. The number of hydrogen-bond donors (Lipinski definition) is 2. The Morgan fingerprint density at radius 3 is 2.31 bits per heavy atom. The van der Waals surface area contributed by atoms with Gasteiger partial charge in [0.1, 0.15) is 6.10 Å². The van der Waals surface area contributed by atoms with Crippen LogP contribution in [0.15, 0.2) is 24.3 Å². The lowest BCUT2D eigenvalue weighted by Crippen LogP contribution is -2.26. The Bertz CT molecular complexity index is 384. The van der Waals surface area contributed by atoms with Gasteiger partial charge in [0.15, 0.2) is 5.78 Å². The lowest BCUT2D eigenvalue weighted by atomic mass is 10.1. The lowest BCUT2D eigenvalue weighted by molar-refractivity contribution is -0.124. The molecule has 0 aliphatic heterocycles. The number of carbonyl (C=O) groups is 2. The molecule has 16 heavy (non-hydrogen) atoms. The summed E-state index contributed by atoms with van der Waals surface area (Å²) in [6, 6.07) is 6.54. The van der Waals surface area contributed by atoms with E-state index in [2.05, 4.69) is 5.32 Å². The molecule has 0 saturated heterocycles. The Morgan fingerprint density at radius 1 is 1.31 bits per heavy atom. The molecular formula is C12H15NO3. The van der Waals surface area contributed by atoms with Crippen LogP contribution in [0.25, 0.3) is 0 Å². The van der Waals surface area contributed by atoms with Gasteiger partial charge in [-0.1, -0.05) is 6.92 Å². The number of ketones is 1. The molecule has 0 aliphatic rings. The molecule has 0 aliphatic carbocycles. The summed E-state index contributed by atoms with van der Waals surface area (Å²) in [4.78, 5) is 22.3. The fourth-order valence-electron chi connectivity index (χ4n) is 1.20. The van der Waals surface area contributed by atoms with E-state index in [1.807, 2.05) is 0 Å². The lowest BCUT2D eigenvalue weighted by Gasteiger charge is -2.09. The van der Waals surface area contributed by atoms with Crippen LogP contribution in [0.3, 0.4) is 0 Å². The van der Waals surface area contributed by atoms with E-state index in [9.17, 15) is 14.7 Å². The molecule has 0 aromatic heterocycles. The van der Waals surface area contributed by atoms with Gasteiger partial charge in [-0.15, -0.1) is 0 Å². The van der Waals surface area contributed by atoms with E-state index in [-0.39, 0.29) is 5.78 Å². The molecule has 2 N–H and O–H groups in total. The van der Waals surface area contributed by atoms with Crippen molar-refractivity contribution in [2.75, 3.05) is 5.32 Å². The summed E-state index contributed by atoms with van der Waals surface area (Å²) in [5.74, 6) is -0.454. The molecule has 4 heteroatoms. The number of rotatable bonds is 4. The van der Waals surface area contributed by atoms with Crippen LogP contribution in [-0.4, -0.2) is 22.9 Å². The zero-order chi connectivity index (χ0) is 12.1. The van der Waals surface area contributed by atoms with E-state index in [1.54, 1.807) is 31.2 Å². The summed E-state index contributed by atoms with van der Waals surface area (Å²) in [6.45, 7) is 3.21.